The molecule has 5 heteroatoms. The highest BCUT2D eigenvalue weighted by Gasteiger charge is 2.02. The zero-order valence-electron chi connectivity index (χ0n) is 10.1. The van der Waals surface area contributed by atoms with Crippen LogP contribution in [0.3, 0.4) is 0 Å². The third kappa shape index (κ3) is 3.71. The second kappa shape index (κ2) is 5.97. The number of anilines is 1. The summed E-state index contributed by atoms with van der Waals surface area (Å²) in [7, 11) is 0. The second-order valence-corrected chi connectivity index (χ2v) is 4.00. The molecule has 1 aromatic heterocycles. The van der Waals surface area contributed by atoms with Crippen LogP contribution in [0.1, 0.15) is 11.3 Å². The maximum absolute atomic E-state index is 11.6. The number of hydrogen-bond acceptors (Lipinski definition) is 4. The lowest BCUT2D eigenvalue weighted by molar-refractivity contribution is -0.115. The highest BCUT2D eigenvalue weighted by molar-refractivity contribution is 5.92. The minimum absolute atomic E-state index is 0.0848. The van der Waals surface area contributed by atoms with E-state index in [1.165, 1.54) is 0 Å². The summed E-state index contributed by atoms with van der Waals surface area (Å²) in [6.07, 6.45) is 1.57. The quantitative estimate of drug-likeness (QED) is 0.841. The normalized spacial score (nSPS) is 10.3. The molecule has 0 aliphatic rings. The predicted octanol–water partition coefficient (Wildman–Crippen LogP) is 1.71. The highest BCUT2D eigenvalue weighted by Crippen LogP contribution is 2.07. The fourth-order valence-corrected chi connectivity index (χ4v) is 1.47. The number of amides is 1. The lowest BCUT2D eigenvalue weighted by Gasteiger charge is -2.05. The number of nitrogens with one attached hydrogen (secondary N) is 2. The van der Waals surface area contributed by atoms with E-state index in [-0.39, 0.29) is 12.5 Å². The van der Waals surface area contributed by atoms with Crippen LogP contribution in [0.4, 0.5) is 5.69 Å². The number of benzene rings is 1. The van der Waals surface area contributed by atoms with Crippen LogP contribution in [-0.4, -0.2) is 17.6 Å². The summed E-state index contributed by atoms with van der Waals surface area (Å²) in [5.74, 6) is 0.622. The van der Waals surface area contributed by atoms with E-state index in [2.05, 4.69) is 15.8 Å². The third-order valence-electron chi connectivity index (χ3n) is 2.41. The highest BCUT2D eigenvalue weighted by atomic mass is 16.5. The topological polar surface area (TPSA) is 67.2 Å². The van der Waals surface area contributed by atoms with E-state index in [9.17, 15) is 4.79 Å². The van der Waals surface area contributed by atoms with Crippen molar-refractivity contribution in [1.82, 2.24) is 10.5 Å². The Morgan fingerprint density at radius 2 is 2.06 bits per heavy atom. The number of aryl methyl sites for hydroxylation is 1. The summed E-state index contributed by atoms with van der Waals surface area (Å²) < 4.78 is 4.90. The van der Waals surface area contributed by atoms with Gasteiger partial charge in [0.2, 0.25) is 5.91 Å². The van der Waals surface area contributed by atoms with Gasteiger partial charge in [-0.3, -0.25) is 4.79 Å². The second-order valence-electron chi connectivity index (χ2n) is 4.00. The van der Waals surface area contributed by atoms with Gasteiger partial charge in [0.1, 0.15) is 5.76 Å². The molecule has 0 fully saturated rings. The molecule has 0 saturated carbocycles. The molecular formula is C13H15N3O2. The van der Waals surface area contributed by atoms with Gasteiger partial charge in [-0.2, -0.15) is 0 Å². The van der Waals surface area contributed by atoms with Crippen molar-refractivity contribution >= 4 is 11.6 Å². The zero-order chi connectivity index (χ0) is 12.8. The van der Waals surface area contributed by atoms with Crippen molar-refractivity contribution in [2.75, 3.05) is 11.9 Å². The first-order valence-electron chi connectivity index (χ1n) is 5.71. The van der Waals surface area contributed by atoms with Gasteiger partial charge in [0, 0.05) is 11.8 Å². The zero-order valence-corrected chi connectivity index (χ0v) is 10.1. The van der Waals surface area contributed by atoms with Crippen LogP contribution in [0.5, 0.6) is 0 Å². The molecule has 0 unspecified atom stereocenters. The van der Waals surface area contributed by atoms with Gasteiger partial charge in [-0.15, -0.1) is 0 Å². The van der Waals surface area contributed by atoms with Gasteiger partial charge in [0.05, 0.1) is 19.3 Å². The lowest BCUT2D eigenvalue weighted by atomic mass is 10.2. The van der Waals surface area contributed by atoms with Crippen molar-refractivity contribution in [2.24, 2.45) is 0 Å². The molecule has 2 aromatic rings. The van der Waals surface area contributed by atoms with E-state index in [0.29, 0.717) is 12.3 Å². The first-order chi connectivity index (χ1) is 8.74. The smallest absolute Gasteiger partial charge is 0.238 e. The summed E-state index contributed by atoms with van der Waals surface area (Å²) >= 11 is 0. The van der Waals surface area contributed by atoms with E-state index >= 15 is 0 Å². The van der Waals surface area contributed by atoms with Gasteiger partial charge < -0.3 is 15.2 Å². The molecule has 2 N–H and O–H groups in total. The van der Waals surface area contributed by atoms with Gasteiger partial charge in [0.25, 0.3) is 0 Å². The molecular weight excluding hydrogens is 230 g/mol. The Labute approximate surface area is 105 Å². The monoisotopic (exact) mass is 245 g/mol. The Balaban J connectivity index is 1.73. The Morgan fingerprint density at radius 3 is 2.72 bits per heavy atom. The van der Waals surface area contributed by atoms with Crippen LogP contribution in [0, 0.1) is 6.92 Å². The third-order valence-corrected chi connectivity index (χ3v) is 2.41. The number of carbonyl (C=O) groups is 1. The number of hydrogen-bond donors (Lipinski definition) is 2. The summed E-state index contributed by atoms with van der Waals surface area (Å²) in [4.78, 5) is 11.6. The Kier molecular flexibility index (Phi) is 4.09. The molecule has 2 rings (SSSR count). The molecule has 0 aliphatic heterocycles. The number of rotatable bonds is 5. The molecule has 0 spiro atoms. The minimum Gasteiger partial charge on any atom is -0.360 e. The van der Waals surface area contributed by atoms with Gasteiger partial charge in [-0.05, 0) is 19.1 Å². The molecule has 18 heavy (non-hydrogen) atoms. The van der Waals surface area contributed by atoms with Gasteiger partial charge in [0.15, 0.2) is 0 Å². The van der Waals surface area contributed by atoms with Crippen LogP contribution in [0.25, 0.3) is 0 Å². The molecule has 0 bridgehead atoms. The van der Waals surface area contributed by atoms with Crippen LogP contribution >= 0.6 is 0 Å². The average molecular weight is 245 g/mol. The molecule has 0 radical (unpaired) electrons. The summed E-state index contributed by atoms with van der Waals surface area (Å²) in [5, 5.41) is 9.36. The Morgan fingerprint density at radius 1 is 1.28 bits per heavy atom. The van der Waals surface area contributed by atoms with E-state index in [0.717, 1.165) is 11.3 Å². The van der Waals surface area contributed by atoms with Gasteiger partial charge in [-0.25, -0.2) is 0 Å². The molecule has 1 aromatic carbocycles. The average Bonchev–Trinajstić information content (AvgIpc) is 2.85. The SMILES string of the molecule is Cc1ccc(NC(=O)CNCc2ccno2)cc1. The maximum Gasteiger partial charge on any atom is 0.238 e. The molecule has 5 nitrogen and oxygen atoms in total. The fourth-order valence-electron chi connectivity index (χ4n) is 1.47. The molecule has 0 atom stereocenters. The van der Waals surface area contributed by atoms with Crippen LogP contribution < -0.4 is 10.6 Å². The minimum atomic E-state index is -0.0848. The molecule has 0 saturated heterocycles. The van der Waals surface area contributed by atoms with E-state index in [4.69, 9.17) is 4.52 Å². The Bertz CT molecular complexity index is 491. The van der Waals surface area contributed by atoms with E-state index in [1.807, 2.05) is 31.2 Å². The largest absolute Gasteiger partial charge is 0.360 e. The first-order valence-corrected chi connectivity index (χ1v) is 5.71. The van der Waals surface area contributed by atoms with Crippen molar-refractivity contribution in [3.8, 4) is 0 Å². The van der Waals surface area contributed by atoms with Crippen molar-refractivity contribution in [2.45, 2.75) is 13.5 Å². The van der Waals surface area contributed by atoms with Crippen molar-refractivity contribution in [3.63, 3.8) is 0 Å². The summed E-state index contributed by atoms with van der Waals surface area (Å²) in [6.45, 7) is 2.72. The number of carbonyl (C=O) groups excluding carboxylic acids is 1. The van der Waals surface area contributed by atoms with Crippen LogP contribution in [0.2, 0.25) is 0 Å². The molecule has 1 heterocycles. The van der Waals surface area contributed by atoms with Crippen molar-refractivity contribution in [1.29, 1.82) is 0 Å². The van der Waals surface area contributed by atoms with E-state index < -0.39 is 0 Å². The van der Waals surface area contributed by atoms with Gasteiger partial charge >= 0.3 is 0 Å². The van der Waals surface area contributed by atoms with Crippen LogP contribution in [-0.2, 0) is 11.3 Å². The summed E-state index contributed by atoms with van der Waals surface area (Å²) in [5.41, 5.74) is 1.96. The lowest BCUT2D eigenvalue weighted by Crippen LogP contribution is -2.27. The standard InChI is InChI=1S/C13H15N3O2/c1-10-2-4-11(5-3-10)16-13(17)9-14-8-12-6-7-15-18-12/h2-7,14H,8-9H2,1H3,(H,16,17). The molecule has 0 aliphatic carbocycles. The van der Waals surface area contributed by atoms with Crippen LogP contribution in [0.15, 0.2) is 41.1 Å². The predicted molar refractivity (Wildman–Crippen MR) is 68.0 cm³/mol. The maximum atomic E-state index is 11.6. The number of aromatic nitrogens is 1. The number of nitrogens with zero attached hydrogens (tertiary/aromatic N) is 1. The van der Waals surface area contributed by atoms with E-state index in [1.54, 1.807) is 12.3 Å². The van der Waals surface area contributed by atoms with Crippen molar-refractivity contribution < 1.29 is 9.32 Å². The summed E-state index contributed by atoms with van der Waals surface area (Å²) in [6, 6.07) is 9.42. The Hall–Kier alpha value is -2.14. The fraction of sp³-hybridized carbons (Fsp3) is 0.231. The van der Waals surface area contributed by atoms with Crippen molar-refractivity contribution in [3.05, 3.63) is 47.9 Å². The molecule has 1 amide bonds. The first kappa shape index (κ1) is 12.3. The molecule has 94 valence electrons. The van der Waals surface area contributed by atoms with Gasteiger partial charge in [-0.1, -0.05) is 22.9 Å².